The number of hydrogen-bond donors (Lipinski definition) is 0. The molecule has 0 aromatic heterocycles. The monoisotopic (exact) mass is 318 g/mol. The quantitative estimate of drug-likeness (QED) is 0.788. The summed E-state index contributed by atoms with van der Waals surface area (Å²) in [4.78, 5) is 11.8. The summed E-state index contributed by atoms with van der Waals surface area (Å²) >= 11 is 5.82. The number of carbonyl (C=O) groups is 1. The van der Waals surface area contributed by atoms with Gasteiger partial charge in [0.15, 0.2) is 11.5 Å². The fourth-order valence-corrected chi connectivity index (χ4v) is 2.29. The third-order valence-electron chi connectivity index (χ3n) is 3.37. The van der Waals surface area contributed by atoms with Gasteiger partial charge < -0.3 is 14.2 Å². The smallest absolute Gasteiger partial charge is 0.306 e. The zero-order chi connectivity index (χ0) is 15.4. The van der Waals surface area contributed by atoms with Gasteiger partial charge >= 0.3 is 5.97 Å². The van der Waals surface area contributed by atoms with Crippen molar-refractivity contribution in [1.29, 1.82) is 0 Å². The van der Waals surface area contributed by atoms with Gasteiger partial charge in [0, 0.05) is 11.4 Å². The minimum atomic E-state index is -0.229. The molecule has 1 aliphatic rings. The maximum atomic E-state index is 11.8. The first-order chi connectivity index (χ1) is 10.7. The molecule has 0 spiro atoms. The number of halogens is 1. The van der Waals surface area contributed by atoms with Crippen LogP contribution in [0.15, 0.2) is 42.5 Å². The molecule has 4 nitrogen and oxygen atoms in total. The van der Waals surface area contributed by atoms with E-state index in [2.05, 4.69) is 0 Å². The zero-order valence-electron chi connectivity index (χ0n) is 11.9. The third kappa shape index (κ3) is 3.71. The van der Waals surface area contributed by atoms with Gasteiger partial charge in [0.05, 0.1) is 0 Å². The molecule has 0 saturated carbocycles. The molecule has 0 atom stereocenters. The lowest BCUT2D eigenvalue weighted by Gasteiger charge is -2.06. The average molecular weight is 319 g/mol. The van der Waals surface area contributed by atoms with E-state index in [9.17, 15) is 4.79 Å². The molecule has 0 bridgehead atoms. The van der Waals surface area contributed by atoms with Gasteiger partial charge in [-0.25, -0.2) is 0 Å². The first kappa shape index (κ1) is 14.7. The highest BCUT2D eigenvalue weighted by Gasteiger charge is 2.13. The van der Waals surface area contributed by atoms with Crippen molar-refractivity contribution < 1.29 is 19.0 Å². The fraction of sp³-hybridized carbons (Fsp3) is 0.235. The van der Waals surface area contributed by atoms with E-state index >= 15 is 0 Å². The number of aryl methyl sites for hydroxylation is 1. The predicted octanol–water partition coefficient (Wildman–Crippen LogP) is 3.74. The van der Waals surface area contributed by atoms with Crippen LogP contribution in [0.3, 0.4) is 0 Å². The first-order valence-electron chi connectivity index (χ1n) is 6.99. The van der Waals surface area contributed by atoms with Gasteiger partial charge in [-0.05, 0) is 41.8 Å². The number of esters is 1. The molecule has 1 heterocycles. The van der Waals surface area contributed by atoms with Crippen LogP contribution in [0.4, 0.5) is 0 Å². The SMILES string of the molecule is O=C(CCc1ccc(Cl)cc1)OCc1ccc2c(c1)OCO2. The number of rotatable bonds is 5. The molecule has 2 aromatic carbocycles. The number of carbonyl (C=O) groups excluding carboxylic acids is 1. The molecule has 0 amide bonds. The van der Waals surface area contributed by atoms with E-state index in [4.69, 9.17) is 25.8 Å². The molecular weight excluding hydrogens is 304 g/mol. The summed E-state index contributed by atoms with van der Waals surface area (Å²) in [7, 11) is 0. The molecule has 0 aliphatic carbocycles. The Bertz CT molecular complexity index is 667. The third-order valence-corrected chi connectivity index (χ3v) is 3.62. The van der Waals surface area contributed by atoms with Gasteiger partial charge in [-0.15, -0.1) is 0 Å². The summed E-state index contributed by atoms with van der Waals surface area (Å²) in [5.41, 5.74) is 1.94. The van der Waals surface area contributed by atoms with Crippen LogP contribution < -0.4 is 9.47 Å². The van der Waals surface area contributed by atoms with Crippen molar-refractivity contribution in [3.63, 3.8) is 0 Å². The Morgan fingerprint density at radius 3 is 2.59 bits per heavy atom. The molecule has 3 rings (SSSR count). The van der Waals surface area contributed by atoms with E-state index in [1.807, 2.05) is 42.5 Å². The second-order valence-corrected chi connectivity index (χ2v) is 5.41. The van der Waals surface area contributed by atoms with E-state index in [-0.39, 0.29) is 19.4 Å². The summed E-state index contributed by atoms with van der Waals surface area (Å²) in [6.07, 6.45) is 0.976. The van der Waals surface area contributed by atoms with Gasteiger partial charge in [-0.2, -0.15) is 0 Å². The fourth-order valence-electron chi connectivity index (χ4n) is 2.16. The van der Waals surface area contributed by atoms with Crippen molar-refractivity contribution >= 4 is 17.6 Å². The largest absolute Gasteiger partial charge is 0.461 e. The van der Waals surface area contributed by atoms with Gasteiger partial charge in [0.1, 0.15) is 6.61 Å². The molecule has 0 N–H and O–H groups in total. The van der Waals surface area contributed by atoms with Crippen LogP contribution in [0.5, 0.6) is 11.5 Å². The Morgan fingerprint density at radius 1 is 1.05 bits per heavy atom. The van der Waals surface area contributed by atoms with Crippen molar-refractivity contribution in [2.24, 2.45) is 0 Å². The summed E-state index contributed by atoms with van der Waals surface area (Å²) in [6.45, 7) is 0.468. The van der Waals surface area contributed by atoms with Crippen LogP contribution in [-0.2, 0) is 22.6 Å². The van der Waals surface area contributed by atoms with E-state index in [0.29, 0.717) is 23.6 Å². The minimum absolute atomic E-state index is 0.229. The van der Waals surface area contributed by atoms with Crippen molar-refractivity contribution in [3.05, 3.63) is 58.6 Å². The Morgan fingerprint density at radius 2 is 1.77 bits per heavy atom. The predicted molar refractivity (Wildman–Crippen MR) is 82.1 cm³/mol. The Kier molecular flexibility index (Phi) is 4.49. The maximum Gasteiger partial charge on any atom is 0.306 e. The lowest BCUT2D eigenvalue weighted by atomic mass is 10.1. The highest BCUT2D eigenvalue weighted by Crippen LogP contribution is 2.32. The molecule has 22 heavy (non-hydrogen) atoms. The molecule has 2 aromatic rings. The number of benzene rings is 2. The second kappa shape index (κ2) is 6.71. The molecule has 5 heteroatoms. The van der Waals surface area contributed by atoms with E-state index in [0.717, 1.165) is 16.9 Å². The average Bonchev–Trinajstić information content (AvgIpc) is 3.00. The molecule has 0 fully saturated rings. The number of hydrogen-bond acceptors (Lipinski definition) is 4. The Labute approximate surface area is 133 Å². The van der Waals surface area contributed by atoms with Crippen LogP contribution in [0.25, 0.3) is 0 Å². The van der Waals surface area contributed by atoms with Crippen LogP contribution in [0.1, 0.15) is 17.5 Å². The molecule has 1 aliphatic heterocycles. The lowest BCUT2D eigenvalue weighted by Crippen LogP contribution is -2.06. The molecule has 0 radical (unpaired) electrons. The molecular formula is C17H15ClO4. The van der Waals surface area contributed by atoms with Gasteiger partial charge in [-0.3, -0.25) is 4.79 Å². The minimum Gasteiger partial charge on any atom is -0.461 e. The highest BCUT2D eigenvalue weighted by molar-refractivity contribution is 6.30. The Hall–Kier alpha value is -2.20. The van der Waals surface area contributed by atoms with Crippen molar-refractivity contribution in [3.8, 4) is 11.5 Å². The lowest BCUT2D eigenvalue weighted by molar-refractivity contribution is -0.144. The summed E-state index contributed by atoms with van der Waals surface area (Å²) in [5.74, 6) is 1.18. The number of ether oxygens (including phenoxy) is 3. The zero-order valence-corrected chi connectivity index (χ0v) is 12.6. The first-order valence-corrected chi connectivity index (χ1v) is 7.37. The van der Waals surface area contributed by atoms with Crippen LogP contribution in [0, 0.1) is 0 Å². The van der Waals surface area contributed by atoms with E-state index in [1.165, 1.54) is 0 Å². The summed E-state index contributed by atoms with van der Waals surface area (Å²) < 4.78 is 15.8. The number of fused-ring (bicyclic) bond motifs is 1. The molecule has 0 unspecified atom stereocenters. The van der Waals surface area contributed by atoms with E-state index < -0.39 is 0 Å². The summed E-state index contributed by atoms with van der Waals surface area (Å²) in [5, 5.41) is 0.689. The molecule has 114 valence electrons. The summed E-state index contributed by atoms with van der Waals surface area (Å²) in [6, 6.07) is 13.0. The Balaban J connectivity index is 1.47. The topological polar surface area (TPSA) is 44.8 Å². The van der Waals surface area contributed by atoms with Gasteiger partial charge in [-0.1, -0.05) is 29.8 Å². The van der Waals surface area contributed by atoms with Crippen molar-refractivity contribution in [1.82, 2.24) is 0 Å². The van der Waals surface area contributed by atoms with E-state index in [1.54, 1.807) is 0 Å². The van der Waals surface area contributed by atoms with Crippen LogP contribution >= 0.6 is 11.6 Å². The van der Waals surface area contributed by atoms with Crippen molar-refractivity contribution in [2.45, 2.75) is 19.4 Å². The molecule has 0 saturated heterocycles. The van der Waals surface area contributed by atoms with Crippen LogP contribution in [0.2, 0.25) is 5.02 Å². The van der Waals surface area contributed by atoms with Crippen LogP contribution in [-0.4, -0.2) is 12.8 Å². The second-order valence-electron chi connectivity index (χ2n) is 4.97. The normalized spacial score (nSPS) is 12.2. The highest BCUT2D eigenvalue weighted by atomic mass is 35.5. The van der Waals surface area contributed by atoms with Crippen molar-refractivity contribution in [2.75, 3.05) is 6.79 Å². The standard InChI is InChI=1S/C17H15ClO4/c18-14-5-1-12(2-6-14)4-8-17(19)20-10-13-3-7-15-16(9-13)22-11-21-15/h1-3,5-7,9H,4,8,10-11H2. The van der Waals surface area contributed by atoms with Gasteiger partial charge in [0.25, 0.3) is 0 Å². The van der Waals surface area contributed by atoms with Gasteiger partial charge in [0.2, 0.25) is 6.79 Å². The maximum absolute atomic E-state index is 11.8.